The molecule has 5 rings (SSSR count). The van der Waals surface area contributed by atoms with E-state index in [2.05, 4.69) is 10.3 Å². The van der Waals surface area contributed by atoms with E-state index in [9.17, 15) is 37.2 Å². The zero-order valence-corrected chi connectivity index (χ0v) is 23.9. The largest absolute Gasteiger partial charge is 0.351 e. The summed E-state index contributed by atoms with van der Waals surface area (Å²) in [7, 11) is 0. The van der Waals surface area contributed by atoms with Crippen molar-refractivity contribution < 1.29 is 31.9 Å². The Morgan fingerprint density at radius 1 is 1.07 bits per heavy atom. The number of halogens is 5. The van der Waals surface area contributed by atoms with Crippen LogP contribution in [0.25, 0.3) is 0 Å². The minimum atomic E-state index is -2.86. The van der Waals surface area contributed by atoms with Crippen LogP contribution >= 0.6 is 11.6 Å². The molecule has 44 heavy (non-hydrogen) atoms. The lowest BCUT2D eigenvalue weighted by Gasteiger charge is -2.37. The molecule has 0 spiro atoms. The number of carbonyl (C=O) groups is 3. The Hall–Kier alpha value is -4.50. The predicted molar refractivity (Wildman–Crippen MR) is 153 cm³/mol. The Labute approximate surface area is 255 Å². The van der Waals surface area contributed by atoms with Crippen molar-refractivity contribution >= 4 is 40.8 Å². The molecule has 1 N–H and O–H groups in total. The fourth-order valence-corrected chi connectivity index (χ4v) is 5.87. The topological polar surface area (TPSA) is 106 Å². The van der Waals surface area contributed by atoms with Gasteiger partial charge < -0.3 is 5.32 Å². The lowest BCUT2D eigenvalue weighted by molar-refractivity contribution is -0.128. The highest BCUT2D eigenvalue weighted by atomic mass is 35.5. The van der Waals surface area contributed by atoms with E-state index in [0.717, 1.165) is 21.9 Å². The van der Waals surface area contributed by atoms with E-state index in [-0.39, 0.29) is 53.3 Å². The number of aromatic nitrogens is 1. The minimum Gasteiger partial charge on any atom is -0.351 e. The highest BCUT2D eigenvalue weighted by Crippen LogP contribution is 2.38. The number of pyridine rings is 1. The van der Waals surface area contributed by atoms with Gasteiger partial charge in [-0.15, -0.1) is 0 Å². The van der Waals surface area contributed by atoms with E-state index in [1.807, 2.05) is 6.07 Å². The van der Waals surface area contributed by atoms with Crippen LogP contribution in [0.1, 0.15) is 55.7 Å². The summed E-state index contributed by atoms with van der Waals surface area (Å²) < 4.78 is 56.9. The average molecular weight is 628 g/mol. The lowest BCUT2D eigenvalue weighted by Crippen LogP contribution is -2.53. The highest BCUT2D eigenvalue weighted by Gasteiger charge is 2.45. The van der Waals surface area contributed by atoms with Crippen LogP contribution in [0.15, 0.2) is 60.8 Å². The summed E-state index contributed by atoms with van der Waals surface area (Å²) in [6.45, 7) is 0. The first-order chi connectivity index (χ1) is 21.0. The molecule has 2 aromatic carbocycles. The van der Waals surface area contributed by atoms with Crippen molar-refractivity contribution in [2.75, 3.05) is 9.80 Å². The van der Waals surface area contributed by atoms with Gasteiger partial charge in [0.25, 0.3) is 5.91 Å². The monoisotopic (exact) mass is 627 g/mol. The summed E-state index contributed by atoms with van der Waals surface area (Å²) in [5, 5.41) is 12.1. The molecule has 2 heterocycles. The Bertz CT molecular complexity index is 1620. The van der Waals surface area contributed by atoms with Crippen molar-refractivity contribution in [2.24, 2.45) is 0 Å². The summed E-state index contributed by atoms with van der Waals surface area (Å²) >= 11 is 6.51. The molecule has 3 aromatic rings. The van der Waals surface area contributed by atoms with Crippen molar-refractivity contribution in [3.8, 4) is 6.07 Å². The fraction of sp³-hybridized carbons (Fsp3) is 0.323. The van der Waals surface area contributed by atoms with Crippen LogP contribution in [-0.4, -0.2) is 40.7 Å². The van der Waals surface area contributed by atoms with Gasteiger partial charge in [-0.25, -0.2) is 22.5 Å². The van der Waals surface area contributed by atoms with Gasteiger partial charge in [0.2, 0.25) is 17.7 Å². The zero-order chi connectivity index (χ0) is 31.6. The number of rotatable bonds is 7. The maximum absolute atomic E-state index is 14.6. The maximum Gasteiger partial charge on any atom is 0.251 e. The van der Waals surface area contributed by atoms with Gasteiger partial charge in [-0.1, -0.05) is 29.8 Å². The Kier molecular flexibility index (Phi) is 8.87. The standard InChI is InChI=1S/C31H26ClF4N5O3/c32-24-4-2-1-3-23(24)28(29(43)39-21-7-10-31(35,36)11-8-21)40(22-15-19(33)14-20(34)16-22)30(44)25-5-6-27(42)41(25)26-13-18(17-37)9-12-38-26/h1-4,9,12-16,21,25,28H,5-8,10-11H2,(H,39,43)/t25-,28?/m0/s1. The molecule has 2 atom stereocenters. The normalized spacial score (nSPS) is 18.9. The Balaban J connectivity index is 1.61. The zero-order valence-electron chi connectivity index (χ0n) is 23.2. The van der Waals surface area contributed by atoms with Crippen molar-refractivity contribution in [1.29, 1.82) is 5.26 Å². The molecule has 228 valence electrons. The van der Waals surface area contributed by atoms with Gasteiger partial charge in [0.15, 0.2) is 0 Å². The van der Waals surface area contributed by atoms with Crippen LogP contribution in [0.4, 0.5) is 29.1 Å². The number of nitrogens with one attached hydrogen (secondary N) is 1. The van der Waals surface area contributed by atoms with Crippen LogP contribution in [-0.2, 0) is 14.4 Å². The van der Waals surface area contributed by atoms with Gasteiger partial charge in [0.1, 0.15) is 29.5 Å². The molecule has 1 saturated heterocycles. The van der Waals surface area contributed by atoms with Gasteiger partial charge in [0, 0.05) is 48.2 Å². The summed E-state index contributed by atoms with van der Waals surface area (Å²) in [4.78, 5) is 47.8. The van der Waals surface area contributed by atoms with Gasteiger partial charge in [-0.3, -0.25) is 24.2 Å². The van der Waals surface area contributed by atoms with Crippen molar-refractivity contribution in [2.45, 2.75) is 62.6 Å². The molecule has 0 radical (unpaired) electrons. The first kappa shape index (κ1) is 30.9. The quantitative estimate of drug-likeness (QED) is 0.331. The second kappa shape index (κ2) is 12.6. The number of hydrogen-bond donors (Lipinski definition) is 1. The molecular formula is C31H26ClF4N5O3. The maximum atomic E-state index is 14.6. The third-order valence-corrected chi connectivity index (χ3v) is 8.10. The number of alkyl halides is 2. The van der Waals surface area contributed by atoms with Crippen LogP contribution in [0, 0.1) is 23.0 Å². The second-order valence-electron chi connectivity index (χ2n) is 10.7. The van der Waals surface area contributed by atoms with Crippen LogP contribution in [0.5, 0.6) is 0 Å². The molecule has 0 bridgehead atoms. The van der Waals surface area contributed by atoms with Gasteiger partial charge >= 0.3 is 0 Å². The van der Waals surface area contributed by atoms with Gasteiger partial charge in [0.05, 0.1) is 17.3 Å². The Morgan fingerprint density at radius 3 is 2.41 bits per heavy atom. The number of anilines is 2. The third-order valence-electron chi connectivity index (χ3n) is 7.75. The van der Waals surface area contributed by atoms with Crippen LogP contribution in [0.3, 0.4) is 0 Å². The van der Waals surface area contributed by atoms with Gasteiger partial charge in [-0.2, -0.15) is 5.26 Å². The summed E-state index contributed by atoms with van der Waals surface area (Å²) in [6.07, 6.45) is 0.248. The SMILES string of the molecule is N#Cc1ccnc(N2C(=O)CC[C@H]2C(=O)N(c2cc(F)cc(F)c2)C(C(=O)NC2CCC(F)(F)CC2)c2ccccc2Cl)c1. The summed E-state index contributed by atoms with van der Waals surface area (Å²) in [5.41, 5.74) is -0.0524. The average Bonchev–Trinajstić information content (AvgIpc) is 3.38. The number of carbonyl (C=O) groups excluding carboxylic acids is 3. The predicted octanol–water partition coefficient (Wildman–Crippen LogP) is 5.85. The lowest BCUT2D eigenvalue weighted by atomic mass is 9.91. The molecule has 2 aliphatic rings. The molecule has 3 amide bonds. The molecule has 1 aromatic heterocycles. The minimum absolute atomic E-state index is 0.0113. The van der Waals surface area contributed by atoms with E-state index >= 15 is 0 Å². The molecule has 1 aliphatic heterocycles. The summed E-state index contributed by atoms with van der Waals surface area (Å²) in [6, 6.07) is 9.56. The van der Waals surface area contributed by atoms with Crippen LogP contribution < -0.4 is 15.1 Å². The van der Waals surface area contributed by atoms with Crippen LogP contribution in [0.2, 0.25) is 5.02 Å². The highest BCUT2D eigenvalue weighted by molar-refractivity contribution is 6.31. The van der Waals surface area contributed by atoms with E-state index in [1.54, 1.807) is 12.1 Å². The van der Waals surface area contributed by atoms with E-state index in [1.165, 1.54) is 30.5 Å². The number of benzene rings is 2. The smallest absolute Gasteiger partial charge is 0.251 e. The fourth-order valence-electron chi connectivity index (χ4n) is 5.63. The first-order valence-electron chi connectivity index (χ1n) is 13.9. The summed E-state index contributed by atoms with van der Waals surface area (Å²) in [5.74, 6) is -7.09. The molecule has 13 heteroatoms. The van der Waals surface area contributed by atoms with Crippen molar-refractivity contribution in [3.63, 3.8) is 0 Å². The van der Waals surface area contributed by atoms with Gasteiger partial charge in [-0.05, 0) is 49.6 Å². The molecular weight excluding hydrogens is 602 g/mol. The molecule has 2 fully saturated rings. The van der Waals surface area contributed by atoms with Crippen molar-refractivity contribution in [1.82, 2.24) is 10.3 Å². The van der Waals surface area contributed by atoms with Crippen molar-refractivity contribution in [3.05, 3.63) is 88.6 Å². The third kappa shape index (κ3) is 6.53. The number of hydrogen-bond acceptors (Lipinski definition) is 5. The Morgan fingerprint density at radius 2 is 1.75 bits per heavy atom. The number of nitriles is 1. The van der Waals surface area contributed by atoms with E-state index < -0.39 is 66.2 Å². The molecule has 1 saturated carbocycles. The second-order valence-corrected chi connectivity index (χ2v) is 11.1. The molecule has 1 aliphatic carbocycles. The molecule has 8 nitrogen and oxygen atoms in total. The number of nitrogens with zero attached hydrogens (tertiary/aromatic N) is 4. The molecule has 1 unspecified atom stereocenters. The van der Waals surface area contributed by atoms with E-state index in [0.29, 0.717) is 6.07 Å². The number of amides is 3. The van der Waals surface area contributed by atoms with E-state index in [4.69, 9.17) is 11.6 Å². The first-order valence-corrected chi connectivity index (χ1v) is 14.3.